The summed E-state index contributed by atoms with van der Waals surface area (Å²) in [4.78, 5) is 21.7. The van der Waals surface area contributed by atoms with Crippen LogP contribution in [0.15, 0.2) is 72.8 Å². The molecule has 3 aromatic rings. The topological polar surface area (TPSA) is 198 Å². The first-order chi connectivity index (χ1) is 22.5. The number of carbonyl (C=O) groups excluding carboxylic acids is 1. The van der Waals surface area contributed by atoms with E-state index in [4.69, 9.17) is 51.3 Å². The van der Waals surface area contributed by atoms with Crippen molar-refractivity contribution in [3.8, 4) is 5.75 Å². The van der Waals surface area contributed by atoms with Crippen molar-refractivity contribution in [2.45, 2.75) is 61.9 Å². The third-order valence-corrected chi connectivity index (χ3v) is 8.11. The van der Waals surface area contributed by atoms with Gasteiger partial charge in [-0.05, 0) is 53.3 Å². The largest absolute Gasteiger partial charge is 0.488 e. The van der Waals surface area contributed by atoms with Crippen LogP contribution in [0.4, 0.5) is 0 Å². The molecule has 0 bridgehead atoms. The molecule has 5 rings (SSSR count). The van der Waals surface area contributed by atoms with Gasteiger partial charge < -0.3 is 50.2 Å². The van der Waals surface area contributed by atoms with E-state index in [-0.39, 0.29) is 19.1 Å². The molecule has 0 aromatic heterocycles. The minimum absolute atomic E-state index is 0.0659. The summed E-state index contributed by atoms with van der Waals surface area (Å²) in [5, 5.41) is 47.5. The number of nitrogens with two attached hydrogens (primary N) is 1. The fourth-order valence-electron chi connectivity index (χ4n) is 5.20. The molecule has 7 atom stereocenters. The lowest BCUT2D eigenvalue weighted by Crippen LogP contribution is -2.55. The lowest BCUT2D eigenvalue weighted by Gasteiger charge is -2.40. The highest BCUT2D eigenvalue weighted by Crippen LogP contribution is 2.35. The molecular weight excluding hydrogens is 634 g/mol. The molecule has 12 nitrogen and oxygen atoms in total. The number of halogens is 1. The Hall–Kier alpha value is -3.59. The van der Waals surface area contributed by atoms with Gasteiger partial charge >= 0.3 is 11.9 Å². The van der Waals surface area contributed by atoms with Gasteiger partial charge in [0.15, 0.2) is 0 Å². The number of aliphatic hydroxyl groups is 4. The summed E-state index contributed by atoms with van der Waals surface area (Å²) < 4.78 is 22.6. The summed E-state index contributed by atoms with van der Waals surface area (Å²) in [6.07, 6.45) is -4.77. The second kappa shape index (κ2) is 17.5. The third kappa shape index (κ3) is 10.4. The highest BCUT2D eigenvalue weighted by molar-refractivity contribution is 6.31. The Balaban J connectivity index is 0.000000930. The normalized spacial score (nSPS) is 24.5. The van der Waals surface area contributed by atoms with Crippen LogP contribution < -0.4 is 10.5 Å². The van der Waals surface area contributed by atoms with Crippen LogP contribution in [0, 0.1) is 0 Å². The minimum atomic E-state index is -1.53. The van der Waals surface area contributed by atoms with Gasteiger partial charge in [0.1, 0.15) is 61.6 Å². The van der Waals surface area contributed by atoms with Gasteiger partial charge in [-0.15, -0.1) is 0 Å². The molecule has 0 unspecified atom stereocenters. The third-order valence-electron chi connectivity index (χ3n) is 7.75. The number of carbonyl (C=O) groups is 2. The molecule has 0 radical (unpaired) electrons. The number of carboxylic acid groups (broad SMARTS) is 1. The molecule has 47 heavy (non-hydrogen) atoms. The van der Waals surface area contributed by atoms with Crippen LogP contribution in [0.1, 0.15) is 34.8 Å². The molecule has 0 saturated carbocycles. The highest BCUT2D eigenvalue weighted by Gasteiger charge is 2.45. The SMILES string of the molecule is N[C@@H](Cc1ccccc1)C(=O)OC[C@H]1O[C@@H](c2ccc(Cl)c(Cc3ccc(O[C@H]4CCOC4)cc3)c2)[C@H](O)[C@@H](O)[C@@H]1O.O=C(O)CO. The molecule has 13 heteroatoms. The number of carboxylic acids is 1. The van der Waals surface area contributed by atoms with E-state index in [1.807, 2.05) is 54.6 Å². The molecule has 0 spiro atoms. The zero-order valence-corrected chi connectivity index (χ0v) is 26.3. The van der Waals surface area contributed by atoms with E-state index >= 15 is 0 Å². The van der Waals surface area contributed by atoms with Gasteiger partial charge in [0.2, 0.25) is 0 Å². The van der Waals surface area contributed by atoms with Gasteiger partial charge in [-0.1, -0.05) is 66.2 Å². The maximum Gasteiger partial charge on any atom is 0.329 e. The van der Waals surface area contributed by atoms with Crippen molar-refractivity contribution >= 4 is 23.5 Å². The van der Waals surface area contributed by atoms with Crippen molar-refractivity contribution in [2.24, 2.45) is 5.73 Å². The number of aliphatic carboxylic acids is 1. The van der Waals surface area contributed by atoms with E-state index in [9.17, 15) is 20.1 Å². The fourth-order valence-corrected chi connectivity index (χ4v) is 5.38. The Kier molecular flexibility index (Phi) is 13.5. The number of ether oxygens (including phenoxy) is 4. The van der Waals surface area contributed by atoms with Gasteiger partial charge in [-0.2, -0.15) is 0 Å². The smallest absolute Gasteiger partial charge is 0.329 e. The molecule has 2 aliphatic heterocycles. The first-order valence-corrected chi connectivity index (χ1v) is 15.5. The molecule has 0 aliphatic carbocycles. The summed E-state index contributed by atoms with van der Waals surface area (Å²) in [5.41, 5.74) is 9.25. The number of hydrogen-bond acceptors (Lipinski definition) is 11. The Morgan fingerprint density at radius 1 is 0.957 bits per heavy atom. The molecular formula is C34H40ClNO11. The lowest BCUT2D eigenvalue weighted by atomic mass is 9.90. The van der Waals surface area contributed by atoms with Crippen molar-refractivity contribution in [1.82, 2.24) is 0 Å². The average molecular weight is 674 g/mol. The molecule has 0 amide bonds. The summed E-state index contributed by atoms with van der Waals surface area (Å²) in [5.74, 6) is -1.08. The van der Waals surface area contributed by atoms with Gasteiger partial charge in [0.25, 0.3) is 0 Å². The van der Waals surface area contributed by atoms with Crippen LogP contribution in [0.3, 0.4) is 0 Å². The van der Waals surface area contributed by atoms with Crippen molar-refractivity contribution < 1.29 is 54.1 Å². The van der Waals surface area contributed by atoms with E-state index in [0.29, 0.717) is 30.2 Å². The minimum Gasteiger partial charge on any atom is -0.488 e. The average Bonchev–Trinajstić information content (AvgIpc) is 3.59. The van der Waals surface area contributed by atoms with Crippen molar-refractivity contribution in [3.05, 3.63) is 100 Å². The van der Waals surface area contributed by atoms with Crippen LogP contribution in [0.2, 0.25) is 5.02 Å². The number of hydrogen-bond donors (Lipinski definition) is 6. The summed E-state index contributed by atoms with van der Waals surface area (Å²) >= 11 is 6.52. The quantitative estimate of drug-likeness (QED) is 0.162. The number of esters is 1. The Labute approximate surface area is 277 Å². The summed E-state index contributed by atoms with van der Waals surface area (Å²) in [6, 6.07) is 21.4. The van der Waals surface area contributed by atoms with Crippen molar-refractivity contribution in [1.29, 1.82) is 0 Å². The molecule has 2 aliphatic rings. The second-order valence-electron chi connectivity index (χ2n) is 11.3. The standard InChI is InChI=1S/C32H36ClNO8.C2H4O3/c33-25-11-8-21(16-22(25)14-20-6-9-23(10-7-20)41-24-12-13-39-17-24)31-30(37)29(36)28(35)27(42-31)18-40-32(38)26(34)15-19-4-2-1-3-5-19;3-1-2(4)5/h1-11,16,24,26-31,35-37H,12-15,17-18,34H2;3H,1H2,(H,4,5)/t24-,26-,27+,28+,29-,30+,31-;/m0./s1. The fraction of sp³-hybridized carbons (Fsp3) is 0.412. The highest BCUT2D eigenvalue weighted by atomic mass is 35.5. The van der Waals surface area contributed by atoms with Gasteiger partial charge in [-0.3, -0.25) is 4.79 Å². The van der Waals surface area contributed by atoms with Crippen LogP contribution in [-0.2, 0) is 36.6 Å². The van der Waals surface area contributed by atoms with Gasteiger partial charge in [-0.25, -0.2) is 4.79 Å². The molecule has 2 fully saturated rings. The van der Waals surface area contributed by atoms with Crippen molar-refractivity contribution in [3.63, 3.8) is 0 Å². The number of rotatable bonds is 11. The first kappa shape index (κ1) is 36.2. The zero-order valence-electron chi connectivity index (χ0n) is 25.6. The van der Waals surface area contributed by atoms with E-state index < -0.39 is 55.1 Å². The summed E-state index contributed by atoms with van der Waals surface area (Å²) in [7, 11) is 0. The number of aliphatic hydroxyl groups excluding tert-OH is 4. The molecule has 7 N–H and O–H groups in total. The van der Waals surface area contributed by atoms with E-state index in [2.05, 4.69) is 0 Å². The van der Waals surface area contributed by atoms with Crippen molar-refractivity contribution in [2.75, 3.05) is 26.4 Å². The lowest BCUT2D eigenvalue weighted by molar-refractivity contribution is -0.234. The number of benzene rings is 3. The molecule has 254 valence electrons. The predicted octanol–water partition coefficient (Wildman–Crippen LogP) is 1.80. The molecule has 2 saturated heterocycles. The second-order valence-corrected chi connectivity index (χ2v) is 11.7. The molecule has 2 heterocycles. The van der Waals surface area contributed by atoms with E-state index in [0.717, 1.165) is 28.9 Å². The van der Waals surface area contributed by atoms with Crippen LogP contribution in [0.5, 0.6) is 5.75 Å². The summed E-state index contributed by atoms with van der Waals surface area (Å²) in [6.45, 7) is 0.183. The van der Waals surface area contributed by atoms with Crippen LogP contribution >= 0.6 is 11.6 Å². The van der Waals surface area contributed by atoms with Crippen LogP contribution in [-0.4, -0.2) is 100 Å². The predicted molar refractivity (Wildman–Crippen MR) is 170 cm³/mol. The molecule has 3 aromatic carbocycles. The zero-order chi connectivity index (χ0) is 33.9. The van der Waals surface area contributed by atoms with E-state index in [1.165, 1.54) is 0 Å². The monoisotopic (exact) mass is 673 g/mol. The Morgan fingerprint density at radius 2 is 1.66 bits per heavy atom. The van der Waals surface area contributed by atoms with Crippen LogP contribution in [0.25, 0.3) is 0 Å². The van der Waals surface area contributed by atoms with E-state index in [1.54, 1.807) is 18.2 Å². The maximum absolute atomic E-state index is 12.5. The van der Waals surface area contributed by atoms with Gasteiger partial charge in [0, 0.05) is 11.4 Å². The maximum atomic E-state index is 12.5. The Bertz CT molecular complexity index is 1440. The van der Waals surface area contributed by atoms with Gasteiger partial charge in [0.05, 0.1) is 13.2 Å². The Morgan fingerprint density at radius 3 is 2.30 bits per heavy atom. The first-order valence-electron chi connectivity index (χ1n) is 15.2.